The minimum Gasteiger partial charge on any atom is -0.494 e. The van der Waals surface area contributed by atoms with E-state index in [0.29, 0.717) is 6.61 Å². The van der Waals surface area contributed by atoms with Crippen LogP contribution >= 0.6 is 0 Å². The number of ether oxygens (including phenoxy) is 1. The van der Waals surface area contributed by atoms with Crippen molar-refractivity contribution in [2.75, 3.05) is 18.6 Å². The number of amidine groups is 1. The molecule has 0 aliphatic rings. The van der Waals surface area contributed by atoms with Gasteiger partial charge in [0.05, 0.1) is 12.3 Å². The summed E-state index contributed by atoms with van der Waals surface area (Å²) in [6, 6.07) is 18.0. The van der Waals surface area contributed by atoms with Crippen molar-refractivity contribution < 1.29 is 4.74 Å². The number of benzene rings is 2. The van der Waals surface area contributed by atoms with Gasteiger partial charge in [-0.05, 0) is 50.2 Å². The fourth-order valence-electron chi connectivity index (χ4n) is 1.88. The molecule has 0 bridgehead atoms. The molecule has 2 aromatic rings. The number of nitrogens with zero attached hydrogens (tertiary/aromatic N) is 2. The lowest BCUT2D eigenvalue weighted by Gasteiger charge is -2.19. The van der Waals surface area contributed by atoms with Crippen molar-refractivity contribution in [3.63, 3.8) is 0 Å². The average Bonchev–Trinajstić information content (AvgIpc) is 2.48. The maximum absolute atomic E-state index is 5.45. The molecule has 104 valence electrons. The molecule has 0 aliphatic carbocycles. The summed E-state index contributed by atoms with van der Waals surface area (Å²) in [5, 5.41) is 0. The van der Waals surface area contributed by atoms with Crippen LogP contribution in [0.4, 0.5) is 11.4 Å². The van der Waals surface area contributed by atoms with E-state index in [4.69, 9.17) is 4.74 Å². The van der Waals surface area contributed by atoms with Crippen LogP contribution in [0.2, 0.25) is 0 Å². The molecular weight excluding hydrogens is 248 g/mol. The maximum atomic E-state index is 5.45. The highest BCUT2D eigenvalue weighted by molar-refractivity contribution is 5.97. The molecule has 0 saturated carbocycles. The van der Waals surface area contributed by atoms with E-state index in [1.165, 1.54) is 0 Å². The summed E-state index contributed by atoms with van der Waals surface area (Å²) < 4.78 is 5.45. The van der Waals surface area contributed by atoms with Crippen LogP contribution in [-0.4, -0.2) is 19.5 Å². The van der Waals surface area contributed by atoms with Gasteiger partial charge in [-0.15, -0.1) is 0 Å². The Balaban J connectivity index is 2.14. The lowest BCUT2D eigenvalue weighted by atomic mass is 10.2. The highest BCUT2D eigenvalue weighted by Crippen LogP contribution is 2.20. The Morgan fingerprint density at radius 2 is 1.70 bits per heavy atom. The molecule has 3 nitrogen and oxygen atoms in total. The smallest absolute Gasteiger partial charge is 0.119 e. The first-order chi connectivity index (χ1) is 9.70. The van der Waals surface area contributed by atoms with Gasteiger partial charge >= 0.3 is 0 Å². The van der Waals surface area contributed by atoms with Gasteiger partial charge in [0, 0.05) is 12.7 Å². The summed E-state index contributed by atoms with van der Waals surface area (Å²) in [5.74, 6) is 1.84. The molecule has 2 aromatic carbocycles. The van der Waals surface area contributed by atoms with E-state index in [-0.39, 0.29) is 0 Å². The predicted molar refractivity (Wildman–Crippen MR) is 85.2 cm³/mol. The van der Waals surface area contributed by atoms with Gasteiger partial charge in [-0.3, -0.25) is 0 Å². The summed E-state index contributed by atoms with van der Waals surface area (Å²) in [5.41, 5.74) is 2.05. The largest absolute Gasteiger partial charge is 0.494 e. The highest BCUT2D eigenvalue weighted by atomic mass is 16.5. The standard InChI is InChI=1S/C17H20N2O/c1-4-20-17-12-10-16(11-13-17)19(3)14(2)18-15-8-6-5-7-9-15/h5-13H,4H2,1-3H3. The van der Waals surface area contributed by atoms with Crippen molar-refractivity contribution in [1.29, 1.82) is 0 Å². The molecule has 2 rings (SSSR count). The van der Waals surface area contributed by atoms with Gasteiger partial charge in [0.25, 0.3) is 0 Å². The number of rotatable bonds is 4. The number of para-hydroxylation sites is 1. The van der Waals surface area contributed by atoms with E-state index in [1.54, 1.807) is 0 Å². The fraction of sp³-hybridized carbons (Fsp3) is 0.235. The van der Waals surface area contributed by atoms with Crippen LogP contribution in [0.5, 0.6) is 5.75 Å². The number of hydrogen-bond acceptors (Lipinski definition) is 2. The first kappa shape index (κ1) is 14.1. The average molecular weight is 268 g/mol. The Morgan fingerprint density at radius 3 is 2.30 bits per heavy atom. The third-order valence-electron chi connectivity index (χ3n) is 3.07. The van der Waals surface area contributed by atoms with Gasteiger partial charge in [-0.1, -0.05) is 18.2 Å². The van der Waals surface area contributed by atoms with Crippen molar-refractivity contribution in [3.8, 4) is 5.75 Å². The minimum absolute atomic E-state index is 0.684. The zero-order chi connectivity index (χ0) is 14.4. The third kappa shape index (κ3) is 3.60. The maximum Gasteiger partial charge on any atom is 0.119 e. The van der Waals surface area contributed by atoms with Crippen molar-refractivity contribution in [1.82, 2.24) is 0 Å². The van der Waals surface area contributed by atoms with Crippen molar-refractivity contribution >= 4 is 17.2 Å². The monoisotopic (exact) mass is 268 g/mol. The molecule has 0 amide bonds. The molecule has 0 N–H and O–H groups in total. The second-order valence-electron chi connectivity index (χ2n) is 4.48. The van der Waals surface area contributed by atoms with Crippen LogP contribution in [-0.2, 0) is 0 Å². The quantitative estimate of drug-likeness (QED) is 0.611. The molecular formula is C17H20N2O. The Bertz CT molecular complexity index is 561. The van der Waals surface area contributed by atoms with Crippen LogP contribution in [0.25, 0.3) is 0 Å². The van der Waals surface area contributed by atoms with Gasteiger partial charge in [-0.25, -0.2) is 4.99 Å². The molecule has 0 aliphatic heterocycles. The van der Waals surface area contributed by atoms with E-state index in [1.807, 2.05) is 75.5 Å². The van der Waals surface area contributed by atoms with E-state index in [0.717, 1.165) is 23.0 Å². The molecule has 0 aromatic heterocycles. The van der Waals surface area contributed by atoms with Gasteiger partial charge in [0.1, 0.15) is 11.6 Å². The Hall–Kier alpha value is -2.29. The Labute approximate surface area is 120 Å². The molecule has 0 unspecified atom stereocenters. The summed E-state index contributed by atoms with van der Waals surface area (Å²) in [4.78, 5) is 6.66. The number of anilines is 1. The molecule has 0 atom stereocenters. The molecule has 3 heteroatoms. The molecule has 0 spiro atoms. The van der Waals surface area contributed by atoms with Crippen LogP contribution in [0.1, 0.15) is 13.8 Å². The molecule has 20 heavy (non-hydrogen) atoms. The molecule has 0 saturated heterocycles. The first-order valence-corrected chi connectivity index (χ1v) is 6.77. The van der Waals surface area contributed by atoms with Crippen molar-refractivity contribution in [2.24, 2.45) is 4.99 Å². The second-order valence-corrected chi connectivity index (χ2v) is 4.48. The van der Waals surface area contributed by atoms with Crippen LogP contribution in [0.3, 0.4) is 0 Å². The SMILES string of the molecule is CCOc1ccc(N(C)C(C)=Nc2ccccc2)cc1. The molecule has 0 heterocycles. The zero-order valence-electron chi connectivity index (χ0n) is 12.2. The topological polar surface area (TPSA) is 24.8 Å². The summed E-state index contributed by atoms with van der Waals surface area (Å²) in [6.07, 6.45) is 0. The second kappa shape index (κ2) is 6.75. The first-order valence-electron chi connectivity index (χ1n) is 6.77. The number of hydrogen-bond donors (Lipinski definition) is 0. The predicted octanol–water partition coefficient (Wildman–Crippen LogP) is 4.27. The lowest BCUT2D eigenvalue weighted by molar-refractivity contribution is 0.340. The van der Waals surface area contributed by atoms with Crippen molar-refractivity contribution in [2.45, 2.75) is 13.8 Å². The molecule has 0 fully saturated rings. The van der Waals surface area contributed by atoms with E-state index >= 15 is 0 Å². The normalized spacial score (nSPS) is 11.2. The van der Waals surface area contributed by atoms with Gasteiger partial charge in [-0.2, -0.15) is 0 Å². The third-order valence-corrected chi connectivity index (χ3v) is 3.07. The van der Waals surface area contributed by atoms with Gasteiger partial charge in [0.2, 0.25) is 0 Å². The number of aliphatic imine (C=N–C) groups is 1. The Morgan fingerprint density at radius 1 is 1.05 bits per heavy atom. The van der Waals surface area contributed by atoms with Gasteiger partial charge < -0.3 is 9.64 Å². The molecule has 0 radical (unpaired) electrons. The summed E-state index contributed by atoms with van der Waals surface area (Å²) in [7, 11) is 2.01. The van der Waals surface area contributed by atoms with E-state index in [9.17, 15) is 0 Å². The van der Waals surface area contributed by atoms with E-state index < -0.39 is 0 Å². The minimum atomic E-state index is 0.684. The zero-order valence-corrected chi connectivity index (χ0v) is 12.2. The van der Waals surface area contributed by atoms with Gasteiger partial charge in [0.15, 0.2) is 0 Å². The summed E-state index contributed by atoms with van der Waals surface area (Å²) >= 11 is 0. The summed E-state index contributed by atoms with van der Waals surface area (Å²) in [6.45, 7) is 4.67. The fourth-order valence-corrected chi connectivity index (χ4v) is 1.88. The lowest BCUT2D eigenvalue weighted by Crippen LogP contribution is -2.23. The van der Waals surface area contributed by atoms with Crippen LogP contribution in [0, 0.1) is 0 Å². The van der Waals surface area contributed by atoms with Crippen molar-refractivity contribution in [3.05, 3.63) is 54.6 Å². The Kier molecular flexibility index (Phi) is 4.77. The van der Waals surface area contributed by atoms with E-state index in [2.05, 4.69) is 9.89 Å². The van der Waals surface area contributed by atoms with Crippen LogP contribution < -0.4 is 9.64 Å². The van der Waals surface area contributed by atoms with Crippen LogP contribution in [0.15, 0.2) is 59.6 Å². The highest BCUT2D eigenvalue weighted by Gasteiger charge is 2.04.